The maximum absolute atomic E-state index is 13.4. The fourth-order valence-corrected chi connectivity index (χ4v) is 4.77. The first-order valence-corrected chi connectivity index (χ1v) is 10.4. The van der Waals surface area contributed by atoms with E-state index in [-0.39, 0.29) is 12.0 Å². The molecule has 0 radical (unpaired) electrons. The normalized spacial score (nSPS) is 32.0. The second kappa shape index (κ2) is 6.98. The van der Waals surface area contributed by atoms with Gasteiger partial charge < -0.3 is 14.2 Å². The molecule has 6 atom stereocenters. The van der Waals surface area contributed by atoms with Crippen molar-refractivity contribution in [3.63, 3.8) is 0 Å². The predicted octanol–water partition coefficient (Wildman–Crippen LogP) is 1.04. The van der Waals surface area contributed by atoms with Crippen LogP contribution in [0.15, 0.2) is 30.3 Å². The van der Waals surface area contributed by atoms with Crippen molar-refractivity contribution in [1.82, 2.24) is 0 Å². The number of esters is 3. The maximum Gasteiger partial charge on any atom is 0.402 e. The number of rotatable bonds is 6. The molecule has 4 rings (SSSR count). The van der Waals surface area contributed by atoms with Gasteiger partial charge in [0.2, 0.25) is 0 Å². The van der Waals surface area contributed by atoms with Crippen LogP contribution < -0.4 is 0 Å². The molecule has 30 heavy (non-hydrogen) atoms. The lowest BCUT2D eigenvalue weighted by Gasteiger charge is -2.30. The number of fused-ring (bicyclic) bond motifs is 1. The fourth-order valence-electron chi connectivity index (χ4n) is 4.56. The Hall–Kier alpha value is -2.60. The van der Waals surface area contributed by atoms with Gasteiger partial charge in [0.05, 0.1) is 17.4 Å². The summed E-state index contributed by atoms with van der Waals surface area (Å²) < 4.78 is 71.8. The van der Waals surface area contributed by atoms with Gasteiger partial charge >= 0.3 is 33.3 Å². The molecule has 1 N–H and O–H groups in total. The number of ether oxygens (including phenoxy) is 3. The van der Waals surface area contributed by atoms with Crippen LogP contribution in [0, 0.1) is 23.7 Å². The highest BCUT2D eigenvalue weighted by molar-refractivity contribution is 7.86. The van der Waals surface area contributed by atoms with Crippen LogP contribution in [0.25, 0.3) is 0 Å². The van der Waals surface area contributed by atoms with Gasteiger partial charge in [-0.3, -0.25) is 14.1 Å². The first-order chi connectivity index (χ1) is 14.0. The van der Waals surface area contributed by atoms with Crippen LogP contribution in [-0.4, -0.2) is 54.9 Å². The maximum atomic E-state index is 13.4. The van der Waals surface area contributed by atoms with E-state index in [0.29, 0.717) is 0 Å². The molecule has 1 aliphatic heterocycles. The quantitative estimate of drug-likeness (QED) is 0.387. The van der Waals surface area contributed by atoms with Crippen molar-refractivity contribution in [3.8, 4) is 0 Å². The van der Waals surface area contributed by atoms with Gasteiger partial charge in [0.25, 0.3) is 0 Å². The predicted molar refractivity (Wildman–Crippen MR) is 91.6 cm³/mol. The summed E-state index contributed by atoms with van der Waals surface area (Å²) in [4.78, 5) is 37.1. The van der Waals surface area contributed by atoms with E-state index in [1.807, 2.05) is 0 Å². The van der Waals surface area contributed by atoms with Crippen LogP contribution in [0.4, 0.5) is 8.78 Å². The molecule has 3 fully saturated rings. The van der Waals surface area contributed by atoms with E-state index in [0.717, 1.165) is 0 Å². The highest BCUT2D eigenvalue weighted by atomic mass is 32.2. The fraction of sp³-hybridized carbons (Fsp3) is 0.500. The van der Waals surface area contributed by atoms with E-state index in [1.165, 1.54) is 12.1 Å². The topological polar surface area (TPSA) is 133 Å². The van der Waals surface area contributed by atoms with Crippen molar-refractivity contribution < 1.29 is 50.3 Å². The summed E-state index contributed by atoms with van der Waals surface area (Å²) in [6, 6.07) is 7.98. The average Bonchev–Trinajstić information content (AvgIpc) is 3.29. The number of benzene rings is 1. The Kier molecular flexibility index (Phi) is 4.81. The van der Waals surface area contributed by atoms with Gasteiger partial charge in [-0.15, -0.1) is 0 Å². The molecule has 0 aromatic heterocycles. The van der Waals surface area contributed by atoms with Gasteiger partial charge in [-0.1, -0.05) is 18.2 Å². The average molecular weight is 446 g/mol. The van der Waals surface area contributed by atoms with Crippen LogP contribution in [0.1, 0.15) is 16.8 Å². The van der Waals surface area contributed by atoms with E-state index in [2.05, 4.69) is 4.74 Å². The Morgan fingerprint density at radius 2 is 1.87 bits per heavy atom. The van der Waals surface area contributed by atoms with E-state index >= 15 is 0 Å². The summed E-state index contributed by atoms with van der Waals surface area (Å²) in [7, 11) is -5.78. The van der Waals surface area contributed by atoms with E-state index in [9.17, 15) is 31.6 Å². The number of alkyl halides is 2. The van der Waals surface area contributed by atoms with Crippen molar-refractivity contribution in [2.24, 2.45) is 23.7 Å². The molecule has 1 heterocycles. The molecule has 5 unspecified atom stereocenters. The summed E-state index contributed by atoms with van der Waals surface area (Å²) in [6.45, 7) is -1.90. The third-order valence-electron chi connectivity index (χ3n) is 5.83. The zero-order chi connectivity index (χ0) is 21.8. The van der Waals surface area contributed by atoms with Crippen LogP contribution in [-0.2, 0) is 33.9 Å². The molecule has 2 saturated carbocycles. The SMILES string of the molecule is O=C(OC1C2OC(=O)C3C2C[C@@H]1C3C(=O)OCC(F)(F)S(=O)(=O)O)c1ccccc1. The minimum atomic E-state index is -5.78. The first kappa shape index (κ1) is 20.7. The minimum absolute atomic E-state index is 0.244. The molecule has 162 valence electrons. The third kappa shape index (κ3) is 3.23. The van der Waals surface area contributed by atoms with E-state index in [1.54, 1.807) is 18.2 Å². The monoisotopic (exact) mass is 446 g/mol. The molecular weight excluding hydrogens is 430 g/mol. The number of carbonyl (C=O) groups is 3. The summed E-state index contributed by atoms with van der Waals surface area (Å²) in [5, 5.41) is -4.70. The molecular formula is C18H16F2O9S. The summed E-state index contributed by atoms with van der Waals surface area (Å²) in [6.07, 6.45) is -1.43. The van der Waals surface area contributed by atoms with Crippen molar-refractivity contribution in [1.29, 1.82) is 0 Å². The lowest BCUT2D eigenvalue weighted by Crippen LogP contribution is -2.44. The molecule has 2 bridgehead atoms. The van der Waals surface area contributed by atoms with Crippen molar-refractivity contribution in [2.75, 3.05) is 6.61 Å². The van der Waals surface area contributed by atoms with Gasteiger partial charge in [-0.25, -0.2) is 4.79 Å². The van der Waals surface area contributed by atoms with Crippen LogP contribution >= 0.6 is 0 Å². The van der Waals surface area contributed by atoms with Gasteiger partial charge in [-0.2, -0.15) is 17.2 Å². The van der Waals surface area contributed by atoms with E-state index < -0.39 is 75.8 Å². The van der Waals surface area contributed by atoms with Gasteiger partial charge in [-0.05, 0) is 18.6 Å². The standard InChI is InChI=1S/C18H16F2O9S/c19-18(20,30(24,25)26)7-27-16(22)11-9-6-10-12(11)17(23)29-14(10)13(9)28-15(21)8-4-2-1-3-5-8/h1-5,9-14H,6-7H2,(H,24,25,26)/t9-,10?,11?,12?,13?,14?/m1/s1. The molecule has 0 amide bonds. The Morgan fingerprint density at radius 3 is 2.50 bits per heavy atom. The Labute approximate surface area is 169 Å². The lowest BCUT2D eigenvalue weighted by atomic mass is 9.78. The Morgan fingerprint density at radius 1 is 1.20 bits per heavy atom. The van der Waals surface area contributed by atoms with Crippen LogP contribution in [0.3, 0.4) is 0 Å². The molecule has 3 aliphatic rings. The number of hydrogen-bond donors (Lipinski definition) is 1. The molecule has 9 nitrogen and oxygen atoms in total. The number of carbonyl (C=O) groups excluding carboxylic acids is 3. The summed E-state index contributed by atoms with van der Waals surface area (Å²) in [5.41, 5.74) is 0.244. The molecule has 12 heteroatoms. The zero-order valence-electron chi connectivity index (χ0n) is 15.1. The van der Waals surface area contributed by atoms with Crippen LogP contribution in [0.5, 0.6) is 0 Å². The number of hydrogen-bond acceptors (Lipinski definition) is 8. The molecule has 1 saturated heterocycles. The molecule has 1 aromatic carbocycles. The van der Waals surface area contributed by atoms with Gasteiger partial charge in [0.1, 0.15) is 12.2 Å². The summed E-state index contributed by atoms with van der Waals surface area (Å²) in [5.74, 6) is -6.00. The van der Waals surface area contributed by atoms with E-state index in [4.69, 9.17) is 14.0 Å². The molecule has 0 spiro atoms. The first-order valence-electron chi connectivity index (χ1n) is 8.99. The van der Waals surface area contributed by atoms with Crippen molar-refractivity contribution >= 4 is 28.0 Å². The molecule has 2 aliphatic carbocycles. The Bertz CT molecular complexity index is 994. The minimum Gasteiger partial charge on any atom is -0.458 e. The summed E-state index contributed by atoms with van der Waals surface area (Å²) >= 11 is 0. The number of halogens is 2. The van der Waals surface area contributed by atoms with Crippen molar-refractivity contribution in [2.45, 2.75) is 23.9 Å². The van der Waals surface area contributed by atoms with Crippen molar-refractivity contribution in [3.05, 3.63) is 35.9 Å². The van der Waals surface area contributed by atoms with Crippen LogP contribution in [0.2, 0.25) is 0 Å². The smallest absolute Gasteiger partial charge is 0.402 e. The van der Waals surface area contributed by atoms with Gasteiger partial charge in [0.15, 0.2) is 6.61 Å². The highest BCUT2D eigenvalue weighted by Crippen LogP contribution is 2.59. The largest absolute Gasteiger partial charge is 0.458 e. The Balaban J connectivity index is 1.51. The van der Waals surface area contributed by atoms with Gasteiger partial charge in [0, 0.05) is 11.8 Å². The zero-order valence-corrected chi connectivity index (χ0v) is 16.0. The third-order valence-corrected chi connectivity index (χ3v) is 6.70. The second-order valence-corrected chi connectivity index (χ2v) is 9.02. The molecule has 1 aromatic rings. The highest BCUT2D eigenvalue weighted by Gasteiger charge is 2.70. The second-order valence-electron chi connectivity index (χ2n) is 7.47. The lowest BCUT2D eigenvalue weighted by molar-refractivity contribution is -0.161.